The second kappa shape index (κ2) is 12.9. The van der Waals surface area contributed by atoms with E-state index in [4.69, 9.17) is 16.7 Å². The maximum Gasteiger partial charge on any atom is 0.264 e. The number of aryl methyl sites for hydroxylation is 1. The molecule has 0 saturated heterocycles. The van der Waals surface area contributed by atoms with Crippen molar-refractivity contribution in [2.75, 3.05) is 24.0 Å². The third-order valence-corrected chi connectivity index (χ3v) is 7.98. The fraction of sp³-hybridized carbons (Fsp3) is 0.259. The van der Waals surface area contributed by atoms with Gasteiger partial charge in [-0.15, -0.1) is 0 Å². The lowest BCUT2D eigenvalue weighted by molar-refractivity contribution is -0.119. The first kappa shape index (κ1) is 29.1. The first-order chi connectivity index (χ1) is 18.0. The molecule has 38 heavy (non-hydrogen) atoms. The van der Waals surface area contributed by atoms with E-state index in [-0.39, 0.29) is 23.7 Å². The number of halogens is 1. The number of hydrogen-bond acceptors (Lipinski definition) is 6. The summed E-state index contributed by atoms with van der Waals surface area (Å²) in [6.07, 6.45) is -1.07. The van der Waals surface area contributed by atoms with Gasteiger partial charge < -0.3 is 20.8 Å². The van der Waals surface area contributed by atoms with E-state index < -0.39 is 41.1 Å². The third-order valence-electron chi connectivity index (χ3n) is 5.79. The Balaban J connectivity index is 1.78. The van der Waals surface area contributed by atoms with Crippen molar-refractivity contribution in [3.8, 4) is 0 Å². The second-order valence-electron chi connectivity index (χ2n) is 8.73. The van der Waals surface area contributed by atoms with Crippen LogP contribution in [0.4, 0.5) is 5.69 Å². The van der Waals surface area contributed by atoms with Crippen LogP contribution < -0.4 is 14.9 Å². The zero-order valence-corrected chi connectivity index (χ0v) is 22.6. The van der Waals surface area contributed by atoms with E-state index in [1.54, 1.807) is 61.5 Å². The van der Waals surface area contributed by atoms with Gasteiger partial charge in [0.2, 0.25) is 5.91 Å². The quantitative estimate of drug-likeness (QED) is 0.285. The lowest BCUT2D eigenvalue weighted by Gasteiger charge is -2.26. The van der Waals surface area contributed by atoms with Gasteiger partial charge in [0.15, 0.2) is 0 Å². The van der Waals surface area contributed by atoms with Crippen LogP contribution in [0.1, 0.15) is 27.0 Å². The number of sulfonamides is 1. The van der Waals surface area contributed by atoms with Gasteiger partial charge in [-0.3, -0.25) is 13.9 Å². The number of anilines is 1. The fourth-order valence-corrected chi connectivity index (χ4v) is 5.24. The van der Waals surface area contributed by atoms with Gasteiger partial charge >= 0.3 is 0 Å². The van der Waals surface area contributed by atoms with Crippen LogP contribution in [0.2, 0.25) is 5.02 Å². The Morgan fingerprint density at radius 2 is 1.68 bits per heavy atom. The Hall–Kier alpha value is -3.44. The highest BCUT2D eigenvalue weighted by atomic mass is 35.5. The number of carbonyl (C=O) groups excluding carboxylic acids is 2. The Morgan fingerprint density at radius 3 is 2.37 bits per heavy atom. The Bertz CT molecular complexity index is 1400. The van der Waals surface area contributed by atoms with Crippen molar-refractivity contribution in [1.29, 1.82) is 0 Å². The second-order valence-corrected chi connectivity index (χ2v) is 11.0. The number of hydrogen-bond donors (Lipinski definition) is 4. The molecule has 0 radical (unpaired) electrons. The number of aliphatic hydroxyl groups is 2. The lowest BCUT2D eigenvalue weighted by Crippen LogP contribution is -2.41. The summed E-state index contributed by atoms with van der Waals surface area (Å²) < 4.78 is 28.2. The summed E-state index contributed by atoms with van der Waals surface area (Å²) in [7, 11) is -4.10. The Kier molecular flexibility index (Phi) is 9.87. The summed E-state index contributed by atoms with van der Waals surface area (Å²) in [6, 6.07) is 17.7. The van der Waals surface area contributed by atoms with E-state index in [1.165, 1.54) is 12.1 Å². The molecule has 9 nitrogen and oxygen atoms in total. The molecule has 2 amide bonds. The molecule has 0 bridgehead atoms. The van der Waals surface area contributed by atoms with Crippen LogP contribution in [0.3, 0.4) is 0 Å². The molecule has 3 rings (SSSR count). The van der Waals surface area contributed by atoms with Gasteiger partial charge in [0.05, 0.1) is 23.3 Å². The van der Waals surface area contributed by atoms with Crippen LogP contribution in [0, 0.1) is 13.8 Å². The van der Waals surface area contributed by atoms with Crippen molar-refractivity contribution in [3.63, 3.8) is 0 Å². The molecule has 1 atom stereocenters. The predicted octanol–water partition coefficient (Wildman–Crippen LogP) is 2.55. The van der Waals surface area contributed by atoms with Crippen molar-refractivity contribution in [2.45, 2.75) is 31.4 Å². The van der Waals surface area contributed by atoms with Crippen LogP contribution in [0.25, 0.3) is 0 Å². The monoisotopic (exact) mass is 559 g/mol. The number of nitrogens with zero attached hydrogens (tertiary/aromatic N) is 1. The van der Waals surface area contributed by atoms with E-state index >= 15 is 0 Å². The summed E-state index contributed by atoms with van der Waals surface area (Å²) in [5, 5.41) is 23.9. The van der Waals surface area contributed by atoms with E-state index in [0.717, 1.165) is 9.87 Å². The number of rotatable bonds is 11. The average Bonchev–Trinajstić information content (AvgIpc) is 2.91. The van der Waals surface area contributed by atoms with E-state index in [2.05, 4.69) is 10.6 Å². The van der Waals surface area contributed by atoms with E-state index in [1.807, 2.05) is 6.92 Å². The highest BCUT2D eigenvalue weighted by Crippen LogP contribution is 2.30. The molecule has 3 aromatic rings. The molecule has 0 spiro atoms. The largest absolute Gasteiger partial charge is 0.394 e. The molecule has 0 fully saturated rings. The van der Waals surface area contributed by atoms with Gasteiger partial charge in [0.1, 0.15) is 6.54 Å². The summed E-state index contributed by atoms with van der Waals surface area (Å²) in [5.74, 6) is -1.00. The molecule has 0 saturated carbocycles. The molecule has 0 aromatic heterocycles. The van der Waals surface area contributed by atoms with Crippen LogP contribution >= 0.6 is 11.6 Å². The molecule has 0 aliphatic carbocycles. The molecular formula is C27H30ClN3O6S. The summed E-state index contributed by atoms with van der Waals surface area (Å²) >= 11 is 6.26. The molecule has 11 heteroatoms. The zero-order chi connectivity index (χ0) is 27.9. The van der Waals surface area contributed by atoms with Gasteiger partial charge in [-0.25, -0.2) is 8.42 Å². The first-order valence-corrected chi connectivity index (χ1v) is 13.6. The van der Waals surface area contributed by atoms with Gasteiger partial charge in [-0.1, -0.05) is 47.5 Å². The predicted molar refractivity (Wildman–Crippen MR) is 146 cm³/mol. The van der Waals surface area contributed by atoms with E-state index in [9.17, 15) is 23.1 Å². The standard InChI is InChI=1S/C27H30ClN3O6S/c1-18-9-11-23(12-10-18)38(36,37)31(25-8-4-7-24(28)19(25)2)16-26(34)29-14-20-5-3-6-21(13-20)27(35)30-15-22(33)17-32/h3-13,22,32-33H,14-17H2,1-2H3,(H,29,34)(H,30,35). The zero-order valence-electron chi connectivity index (χ0n) is 21.0. The molecule has 3 aromatic carbocycles. The summed E-state index contributed by atoms with van der Waals surface area (Å²) in [5.41, 5.74) is 2.62. The molecular weight excluding hydrogens is 530 g/mol. The lowest BCUT2D eigenvalue weighted by atomic mass is 10.1. The highest BCUT2D eigenvalue weighted by molar-refractivity contribution is 7.92. The molecule has 1 unspecified atom stereocenters. The van der Waals surface area contributed by atoms with Crippen molar-refractivity contribution >= 4 is 39.1 Å². The normalized spacial score (nSPS) is 12.0. The van der Waals surface area contributed by atoms with Crippen LogP contribution in [-0.2, 0) is 21.4 Å². The maximum atomic E-state index is 13.6. The van der Waals surface area contributed by atoms with Crippen LogP contribution in [0.5, 0.6) is 0 Å². The average molecular weight is 560 g/mol. The minimum atomic E-state index is -4.10. The minimum absolute atomic E-state index is 0.0419. The van der Waals surface area contributed by atoms with Crippen molar-refractivity contribution in [3.05, 3.63) is 94.0 Å². The highest BCUT2D eigenvalue weighted by Gasteiger charge is 2.28. The number of amides is 2. The topological polar surface area (TPSA) is 136 Å². The van der Waals surface area contributed by atoms with Crippen molar-refractivity contribution in [1.82, 2.24) is 10.6 Å². The smallest absolute Gasteiger partial charge is 0.264 e. The van der Waals surface area contributed by atoms with Crippen molar-refractivity contribution in [2.24, 2.45) is 0 Å². The minimum Gasteiger partial charge on any atom is -0.394 e. The molecule has 0 aliphatic rings. The van der Waals surface area contributed by atoms with Crippen LogP contribution in [-0.4, -0.2) is 56.2 Å². The molecule has 4 N–H and O–H groups in total. The van der Waals surface area contributed by atoms with Gasteiger partial charge in [0.25, 0.3) is 15.9 Å². The van der Waals surface area contributed by atoms with Crippen molar-refractivity contribution < 1.29 is 28.2 Å². The molecule has 0 aliphatic heterocycles. The van der Waals surface area contributed by atoms with E-state index in [0.29, 0.717) is 21.7 Å². The SMILES string of the molecule is Cc1ccc(S(=O)(=O)N(CC(=O)NCc2cccc(C(=O)NCC(O)CO)c2)c2cccc(Cl)c2C)cc1. The Morgan fingerprint density at radius 1 is 1.00 bits per heavy atom. The fourth-order valence-electron chi connectivity index (χ4n) is 3.59. The first-order valence-electron chi connectivity index (χ1n) is 11.8. The van der Waals surface area contributed by atoms with Gasteiger partial charge in [-0.2, -0.15) is 0 Å². The number of carbonyl (C=O) groups is 2. The molecule has 202 valence electrons. The molecule has 0 heterocycles. The Labute approximate surface area is 227 Å². The number of nitrogens with one attached hydrogen (secondary N) is 2. The van der Waals surface area contributed by atoms with Gasteiger partial charge in [-0.05, 0) is 61.4 Å². The number of aliphatic hydroxyl groups excluding tert-OH is 2. The maximum absolute atomic E-state index is 13.6. The van der Waals surface area contributed by atoms with Gasteiger partial charge in [0, 0.05) is 23.7 Å². The summed E-state index contributed by atoms with van der Waals surface area (Å²) in [6.45, 7) is 2.51. The third kappa shape index (κ3) is 7.32. The summed E-state index contributed by atoms with van der Waals surface area (Å²) in [4.78, 5) is 25.3. The van der Waals surface area contributed by atoms with Crippen LogP contribution in [0.15, 0.2) is 71.6 Å². The number of benzene rings is 3.